The summed E-state index contributed by atoms with van der Waals surface area (Å²) in [6, 6.07) is 14.7. The fourth-order valence-corrected chi connectivity index (χ4v) is 11.5. The van der Waals surface area contributed by atoms with Crippen LogP contribution in [0.2, 0.25) is 26.2 Å². The molecule has 4 heterocycles. The molecule has 0 aliphatic carbocycles. The molecule has 0 spiro atoms. The highest BCUT2D eigenvalue weighted by Crippen LogP contribution is 2.59. The van der Waals surface area contributed by atoms with Gasteiger partial charge in [0.1, 0.15) is 31.2 Å². The molecular weight excluding hydrogens is 1000 g/mol. The zero-order valence-corrected chi connectivity index (χ0v) is 46.0. The number of nitrogens with zero attached hydrogens (tertiary/aromatic N) is 4. The van der Waals surface area contributed by atoms with E-state index >= 15 is 0 Å². The van der Waals surface area contributed by atoms with Crippen molar-refractivity contribution in [1.29, 1.82) is 0 Å². The first kappa shape index (κ1) is 55.5. The molecule has 0 saturated carbocycles. The lowest BCUT2D eigenvalue weighted by Gasteiger charge is -2.52. The van der Waals surface area contributed by atoms with E-state index in [1.54, 1.807) is 6.07 Å². The van der Waals surface area contributed by atoms with Crippen molar-refractivity contribution in [3.05, 3.63) is 121 Å². The van der Waals surface area contributed by atoms with Crippen LogP contribution in [0, 0.1) is 54.7 Å². The first-order chi connectivity index (χ1) is 34.1. The monoisotopic (exact) mass is 1060 g/mol. The summed E-state index contributed by atoms with van der Waals surface area (Å²) >= 11 is 0. The van der Waals surface area contributed by atoms with Gasteiger partial charge in [-0.15, -0.1) is 0 Å². The van der Waals surface area contributed by atoms with Gasteiger partial charge in [-0.25, -0.2) is 24.3 Å². The predicted octanol–water partition coefficient (Wildman–Crippen LogP) is 9.01. The maximum Gasteiger partial charge on any atom is 0.524 e. The molecule has 4 aliphatic heterocycles. The Hall–Kier alpha value is -5.30. The lowest BCUT2D eigenvalue weighted by molar-refractivity contribution is -0.385. The van der Waals surface area contributed by atoms with E-state index < -0.39 is 83.8 Å². The Morgan fingerprint density at radius 1 is 0.685 bits per heavy atom. The Morgan fingerprint density at radius 3 is 1.45 bits per heavy atom. The summed E-state index contributed by atoms with van der Waals surface area (Å²) in [6.07, 6.45) is -0.986. The summed E-state index contributed by atoms with van der Waals surface area (Å²) in [7, 11) is -7.59. The number of rotatable bonds is 20. The molecule has 20 nitrogen and oxygen atoms in total. The van der Waals surface area contributed by atoms with Crippen molar-refractivity contribution >= 4 is 60.4 Å². The van der Waals surface area contributed by atoms with Gasteiger partial charge in [-0.1, -0.05) is 67.5 Å². The highest BCUT2D eigenvalue weighted by Gasteiger charge is 2.62. The minimum atomic E-state index is -5.33. The Balaban J connectivity index is 1.41. The third kappa shape index (κ3) is 11.8. The van der Waals surface area contributed by atoms with Crippen molar-refractivity contribution in [2.24, 2.45) is 34.5 Å². The number of hydrogen-bond acceptors (Lipinski definition) is 16. The van der Waals surface area contributed by atoms with Crippen molar-refractivity contribution in [2.75, 3.05) is 13.2 Å². The second kappa shape index (κ2) is 21.5. The van der Waals surface area contributed by atoms with Gasteiger partial charge < -0.3 is 22.8 Å². The van der Waals surface area contributed by atoms with Crippen LogP contribution in [0.15, 0.2) is 78.1 Å². The SMILES string of the molecule is C[C@@H]1C(c2cccc(OP(=O)(O)O)c2C2=C(C(=O)OCc3ccc([N+](=O)[O-])cc3)N3O[C@@H]([C@@H](CO[Si](C)C)C(C)(C)C)[C@H]3[C@@H]2C)=C(C(=O)OCc2ccc([N+](=O)[O-])cc2)N2O[C@@H]([C@@H](CO[Si](C)C)C(C)(C)C)[C@@H]12. The van der Waals surface area contributed by atoms with Crippen LogP contribution in [0.4, 0.5) is 11.4 Å². The number of ether oxygens (including phenoxy) is 2. The fourth-order valence-electron chi connectivity index (χ4n) is 10.1. The second-order valence-electron chi connectivity index (χ2n) is 21.5. The Labute approximate surface area is 428 Å². The molecule has 2 N–H and O–H groups in total. The first-order valence-corrected chi connectivity index (χ1v) is 30.4. The van der Waals surface area contributed by atoms with Crippen molar-refractivity contribution in [2.45, 2.75) is 119 Å². The largest absolute Gasteiger partial charge is 0.524 e. The number of hydrogen-bond donors (Lipinski definition) is 2. The van der Waals surface area contributed by atoms with E-state index in [1.807, 2.05) is 40.0 Å². The molecule has 73 heavy (non-hydrogen) atoms. The summed E-state index contributed by atoms with van der Waals surface area (Å²) in [4.78, 5) is 85.9. The topological polar surface area (TPSA) is 249 Å². The van der Waals surface area contributed by atoms with E-state index in [-0.39, 0.29) is 81.1 Å². The lowest BCUT2D eigenvalue weighted by Crippen LogP contribution is -2.63. The maximum atomic E-state index is 14.9. The van der Waals surface area contributed by atoms with E-state index in [0.717, 1.165) is 0 Å². The molecule has 0 aromatic heterocycles. The van der Waals surface area contributed by atoms with Crippen LogP contribution in [0.1, 0.15) is 77.6 Å². The van der Waals surface area contributed by atoms with E-state index in [9.17, 15) is 44.2 Å². The van der Waals surface area contributed by atoms with Crippen LogP contribution >= 0.6 is 7.82 Å². The molecular formula is C50H65N4O16PSi2. The number of phosphoric ester groups is 1. The highest BCUT2D eigenvalue weighted by molar-refractivity contribution is 7.46. The Morgan fingerprint density at radius 2 is 1.08 bits per heavy atom. The summed E-state index contributed by atoms with van der Waals surface area (Å²) in [5, 5.41) is 25.8. The normalized spacial score (nSPS) is 22.7. The van der Waals surface area contributed by atoms with Gasteiger partial charge in [-0.05, 0) is 89.6 Å². The average Bonchev–Trinajstić information content (AvgIpc) is 3.63. The molecule has 3 aromatic carbocycles. The number of fused-ring (bicyclic) bond motifs is 2. The molecule has 2 fully saturated rings. The molecule has 8 atom stereocenters. The molecule has 0 amide bonds. The van der Waals surface area contributed by atoms with Crippen molar-refractivity contribution < 1.29 is 66.3 Å². The van der Waals surface area contributed by atoms with Gasteiger partial charge in [-0.3, -0.25) is 39.7 Å². The number of benzene rings is 3. The van der Waals surface area contributed by atoms with Crippen LogP contribution in [0.3, 0.4) is 0 Å². The standard InChI is InChI=1S/C50H65N4O16PSi2/c1-28-38(43(47(55)64-24-30-16-20-32(21-17-30)53(57)58)51-41(28)45(68-51)35(49(3,4)5)26-66-72(9)10)34-14-13-15-37(70-71(61,62)63)40(34)39-29(2)42-46(36(50(6,7)8)27-67-73(11)12)69-52(42)44(39)48(56)65-25-31-18-22-33(23-19-31)54(59)60/h13-23,28-29,35-36,41-42,45-46H,24-27H2,1-12H3,(H2,61,62,63)/t28-,29-,35-,36-,41-,42-,45+,46+/m1/s1. The summed E-state index contributed by atoms with van der Waals surface area (Å²) in [6.45, 7) is 24.7. The van der Waals surface area contributed by atoms with Crippen molar-refractivity contribution in [3.8, 4) is 5.75 Å². The summed E-state index contributed by atoms with van der Waals surface area (Å²) in [5.74, 6) is -3.50. The van der Waals surface area contributed by atoms with Gasteiger partial charge >= 0.3 is 19.8 Å². The zero-order chi connectivity index (χ0) is 53.6. The molecule has 0 bridgehead atoms. The number of non-ortho nitro benzene ring substituents is 2. The van der Waals surface area contributed by atoms with Gasteiger partial charge in [0.2, 0.25) is 18.1 Å². The third-order valence-corrected chi connectivity index (χ3v) is 15.8. The van der Waals surface area contributed by atoms with Crippen molar-refractivity contribution in [1.82, 2.24) is 10.1 Å². The number of phosphoric acid groups is 1. The van der Waals surface area contributed by atoms with Gasteiger partial charge in [0.05, 0.1) is 21.9 Å². The molecule has 2 saturated heterocycles. The van der Waals surface area contributed by atoms with E-state index in [1.165, 1.54) is 70.8 Å². The summed E-state index contributed by atoms with van der Waals surface area (Å²) < 4.78 is 43.1. The fraction of sp³-hybridized carbons (Fsp3) is 0.520. The second-order valence-corrected chi connectivity index (χ2v) is 26.9. The van der Waals surface area contributed by atoms with E-state index in [4.69, 9.17) is 32.5 Å². The number of nitro groups is 2. The molecule has 0 unspecified atom stereocenters. The minimum absolute atomic E-state index is 0.00203. The Bertz CT molecular complexity index is 2700. The van der Waals surface area contributed by atoms with Crippen LogP contribution < -0.4 is 4.52 Å². The number of hydroxylamine groups is 4. The predicted molar refractivity (Wildman–Crippen MR) is 271 cm³/mol. The van der Waals surface area contributed by atoms with Gasteiger partial charge in [0.15, 0.2) is 11.4 Å². The van der Waals surface area contributed by atoms with Crippen molar-refractivity contribution in [3.63, 3.8) is 0 Å². The van der Waals surface area contributed by atoms with Gasteiger partial charge in [0.25, 0.3) is 11.4 Å². The number of carbonyl (C=O) groups excluding carboxylic acids is 2. The van der Waals surface area contributed by atoms with Gasteiger partial charge in [-0.2, -0.15) is 0 Å². The highest BCUT2D eigenvalue weighted by atomic mass is 31.2. The van der Waals surface area contributed by atoms with Crippen LogP contribution in [-0.4, -0.2) is 97.3 Å². The molecule has 3 aromatic rings. The number of nitro benzene ring substituents is 2. The molecule has 4 aliphatic rings. The summed E-state index contributed by atoms with van der Waals surface area (Å²) in [5.41, 5.74) is 0.894. The van der Waals surface area contributed by atoms with E-state index in [2.05, 4.69) is 41.5 Å². The molecule has 23 heteroatoms. The van der Waals surface area contributed by atoms with Gasteiger partial charge in [0, 0.05) is 72.3 Å². The number of carbonyl (C=O) groups is 2. The average molecular weight is 1070 g/mol. The van der Waals surface area contributed by atoms with E-state index in [0.29, 0.717) is 29.9 Å². The van der Waals surface area contributed by atoms with Crippen LogP contribution in [0.25, 0.3) is 11.1 Å². The third-order valence-electron chi connectivity index (χ3n) is 13.9. The number of esters is 2. The van der Waals surface area contributed by atoms with Crippen LogP contribution in [-0.2, 0) is 55.4 Å². The lowest BCUT2D eigenvalue weighted by atomic mass is 9.71. The smallest absolute Gasteiger partial charge is 0.456 e. The molecule has 2 radical (unpaired) electrons. The Kier molecular flexibility index (Phi) is 16.3. The molecule has 7 rings (SSSR count). The zero-order valence-electron chi connectivity index (χ0n) is 43.1. The van der Waals surface area contributed by atoms with Crippen LogP contribution in [0.5, 0.6) is 5.75 Å². The maximum absolute atomic E-state index is 14.9. The quantitative estimate of drug-likeness (QED) is 0.0352. The first-order valence-electron chi connectivity index (χ1n) is 24.0. The molecule has 394 valence electrons. The minimum Gasteiger partial charge on any atom is -0.456 e.